The third kappa shape index (κ3) is 6.00. The van der Waals surface area contributed by atoms with Crippen LogP contribution >= 0.6 is 11.6 Å². The highest BCUT2D eigenvalue weighted by Crippen LogP contribution is 2.33. The number of alkyl halides is 3. The van der Waals surface area contributed by atoms with Gasteiger partial charge in [0.25, 0.3) is 0 Å². The van der Waals surface area contributed by atoms with E-state index < -0.39 is 36.0 Å². The normalized spacial score (nSPS) is 38.0. The molecule has 0 saturated carbocycles. The lowest BCUT2D eigenvalue weighted by atomic mass is 9.84. The fourth-order valence-corrected chi connectivity index (χ4v) is 4.98. The van der Waals surface area contributed by atoms with Crippen LogP contribution in [0.4, 0.5) is 8.78 Å². The highest BCUT2D eigenvalue weighted by Gasteiger charge is 2.42. The zero-order valence-corrected chi connectivity index (χ0v) is 18.1. The molecule has 3 rings (SSSR count). The number of allylic oxidation sites excluding steroid dienone is 3. The second kappa shape index (κ2) is 11.0. The number of carbonyl (C=O) groups is 1. The monoisotopic (exact) mass is 443 g/mol. The Hall–Kier alpha value is -1.08. The Balaban J connectivity index is 1.57. The zero-order chi connectivity index (χ0) is 21.7. The molecule has 4 nitrogen and oxygen atoms in total. The molecule has 3 aliphatic carbocycles. The van der Waals surface area contributed by atoms with Crippen molar-refractivity contribution in [1.82, 2.24) is 5.32 Å². The van der Waals surface area contributed by atoms with Gasteiger partial charge in [-0.3, -0.25) is 5.32 Å². The minimum atomic E-state index is -1.48. The third-order valence-electron chi connectivity index (χ3n) is 6.40. The average molecular weight is 444 g/mol. The van der Waals surface area contributed by atoms with Crippen LogP contribution < -0.4 is 5.32 Å². The summed E-state index contributed by atoms with van der Waals surface area (Å²) in [6.07, 6.45) is 7.39. The molecule has 0 fully saturated rings. The van der Waals surface area contributed by atoms with E-state index in [1.54, 1.807) is 12.2 Å². The fraction of sp³-hybridized carbons (Fsp3) is 0.696. The van der Waals surface area contributed by atoms with Crippen LogP contribution in [0.15, 0.2) is 35.5 Å². The Morgan fingerprint density at radius 3 is 2.83 bits per heavy atom. The molecule has 0 heterocycles. The van der Waals surface area contributed by atoms with Crippen molar-refractivity contribution in [1.29, 1.82) is 0 Å². The molecule has 8 unspecified atom stereocenters. The smallest absolute Gasteiger partial charge is 0.138 e. The van der Waals surface area contributed by atoms with Crippen molar-refractivity contribution in [3.8, 4) is 0 Å². The van der Waals surface area contributed by atoms with Gasteiger partial charge in [0, 0.05) is 18.9 Å². The maximum atomic E-state index is 15.3. The topological polar surface area (TPSA) is 58.6 Å². The molecule has 0 bridgehead atoms. The molecule has 0 saturated heterocycles. The van der Waals surface area contributed by atoms with Gasteiger partial charge in [-0.1, -0.05) is 36.8 Å². The standard InChI is InChI=1S/C23H32ClF2NO3/c1-14-11-15(9-10-28)5-7-19(14)27-23(29)21-18(24)6-8-20(22(21)26)30-13-16-3-2-4-17(25)12-16/h3,6,8,10-11,14,17-23,27,29H,2,4-5,7,9,12-13H2,1H3. The molecule has 8 atom stereocenters. The minimum absolute atomic E-state index is 0.0226. The predicted molar refractivity (Wildman–Crippen MR) is 114 cm³/mol. The van der Waals surface area contributed by atoms with Gasteiger partial charge in [-0.2, -0.15) is 0 Å². The number of rotatable bonds is 8. The quantitative estimate of drug-likeness (QED) is 0.256. The molecule has 30 heavy (non-hydrogen) atoms. The van der Waals surface area contributed by atoms with Crippen molar-refractivity contribution < 1.29 is 23.4 Å². The van der Waals surface area contributed by atoms with Gasteiger partial charge < -0.3 is 14.6 Å². The van der Waals surface area contributed by atoms with Crippen molar-refractivity contribution in [2.24, 2.45) is 11.8 Å². The van der Waals surface area contributed by atoms with Crippen LogP contribution in [-0.4, -0.2) is 54.1 Å². The van der Waals surface area contributed by atoms with Gasteiger partial charge in [-0.05, 0) is 37.2 Å². The summed E-state index contributed by atoms with van der Waals surface area (Å²) < 4.78 is 34.5. The van der Waals surface area contributed by atoms with Gasteiger partial charge >= 0.3 is 0 Å². The highest BCUT2D eigenvalue weighted by atomic mass is 35.5. The molecule has 0 spiro atoms. The van der Waals surface area contributed by atoms with Crippen molar-refractivity contribution in [2.75, 3.05) is 6.61 Å². The van der Waals surface area contributed by atoms with Crippen molar-refractivity contribution in [3.63, 3.8) is 0 Å². The molecule has 0 amide bonds. The second-order valence-electron chi connectivity index (χ2n) is 8.68. The van der Waals surface area contributed by atoms with Crippen molar-refractivity contribution in [2.45, 2.75) is 81.5 Å². The Morgan fingerprint density at radius 2 is 2.13 bits per heavy atom. The SMILES string of the molecule is CC1C=C(CC=O)CCC1NC(O)C1C(Cl)C=CC(OCC2=CCCC(F)C2)C1F. The summed E-state index contributed by atoms with van der Waals surface area (Å²) in [4.78, 5) is 10.7. The van der Waals surface area contributed by atoms with Gasteiger partial charge in [0.15, 0.2) is 0 Å². The Bertz CT molecular complexity index is 683. The van der Waals surface area contributed by atoms with Gasteiger partial charge in [0.1, 0.15) is 31.0 Å². The number of aliphatic hydroxyl groups excluding tert-OH is 1. The van der Waals surface area contributed by atoms with Crippen molar-refractivity contribution in [3.05, 3.63) is 35.5 Å². The number of halogens is 3. The van der Waals surface area contributed by atoms with Crippen molar-refractivity contribution >= 4 is 17.9 Å². The first-order valence-corrected chi connectivity index (χ1v) is 11.3. The Labute approximate surface area is 182 Å². The largest absolute Gasteiger partial charge is 0.378 e. The first-order valence-electron chi connectivity index (χ1n) is 10.9. The van der Waals surface area contributed by atoms with Gasteiger partial charge in [-0.25, -0.2) is 8.78 Å². The molecular weight excluding hydrogens is 412 g/mol. The maximum Gasteiger partial charge on any atom is 0.138 e. The molecule has 7 heteroatoms. The zero-order valence-electron chi connectivity index (χ0n) is 17.4. The average Bonchev–Trinajstić information content (AvgIpc) is 2.70. The lowest BCUT2D eigenvalue weighted by molar-refractivity contribution is -0.107. The first kappa shape index (κ1) is 23.6. The van der Waals surface area contributed by atoms with E-state index in [9.17, 15) is 14.3 Å². The van der Waals surface area contributed by atoms with Crippen LogP contribution in [0.5, 0.6) is 0 Å². The lowest BCUT2D eigenvalue weighted by Crippen LogP contribution is -2.54. The molecule has 0 aromatic rings. The Kier molecular flexibility index (Phi) is 8.63. The van der Waals surface area contributed by atoms with E-state index in [1.165, 1.54) is 0 Å². The lowest BCUT2D eigenvalue weighted by Gasteiger charge is -2.38. The molecule has 168 valence electrons. The summed E-state index contributed by atoms with van der Waals surface area (Å²) >= 11 is 6.33. The summed E-state index contributed by atoms with van der Waals surface area (Å²) in [6, 6.07) is -0.0226. The summed E-state index contributed by atoms with van der Waals surface area (Å²) in [5.41, 5.74) is 1.96. The number of nitrogens with one attached hydrogen (secondary N) is 1. The number of hydrogen-bond acceptors (Lipinski definition) is 4. The maximum absolute atomic E-state index is 15.3. The van der Waals surface area contributed by atoms with Crippen LogP contribution in [-0.2, 0) is 9.53 Å². The highest BCUT2D eigenvalue weighted by molar-refractivity contribution is 6.22. The second-order valence-corrected chi connectivity index (χ2v) is 9.18. The molecule has 0 aromatic heterocycles. The van der Waals surface area contributed by atoms with E-state index in [4.69, 9.17) is 16.3 Å². The molecule has 2 N–H and O–H groups in total. The van der Waals surface area contributed by atoms with Crippen LogP contribution in [0.1, 0.15) is 45.4 Å². The van der Waals surface area contributed by atoms with Crippen LogP contribution in [0.25, 0.3) is 0 Å². The summed E-state index contributed by atoms with van der Waals surface area (Å²) in [5, 5.41) is 13.2. The van der Waals surface area contributed by atoms with Gasteiger partial charge in [0.05, 0.1) is 17.9 Å². The van der Waals surface area contributed by atoms with E-state index in [1.807, 2.05) is 13.0 Å². The number of hydrogen-bond donors (Lipinski definition) is 2. The summed E-state index contributed by atoms with van der Waals surface area (Å²) in [7, 11) is 0. The number of carbonyl (C=O) groups excluding carboxylic acids is 1. The predicted octanol–water partition coefficient (Wildman–Crippen LogP) is 4.17. The molecule has 0 radical (unpaired) electrons. The third-order valence-corrected chi connectivity index (χ3v) is 6.83. The molecule has 3 aliphatic rings. The van der Waals surface area contributed by atoms with E-state index in [0.29, 0.717) is 25.7 Å². The van der Waals surface area contributed by atoms with Crippen LogP contribution in [0, 0.1) is 11.8 Å². The minimum Gasteiger partial charge on any atom is -0.378 e. The fourth-order valence-electron chi connectivity index (χ4n) is 4.62. The molecular formula is C23H32ClF2NO3. The number of aldehydes is 1. The first-order chi connectivity index (χ1) is 14.4. The van der Waals surface area contributed by atoms with Crippen LogP contribution in [0.2, 0.25) is 0 Å². The summed E-state index contributed by atoms with van der Waals surface area (Å²) in [6.45, 7) is 2.20. The van der Waals surface area contributed by atoms with E-state index in [0.717, 1.165) is 30.3 Å². The number of aliphatic hydroxyl groups is 1. The van der Waals surface area contributed by atoms with Gasteiger partial charge in [-0.15, -0.1) is 11.6 Å². The number of ether oxygens (including phenoxy) is 1. The van der Waals surface area contributed by atoms with E-state index in [-0.39, 0.29) is 18.6 Å². The van der Waals surface area contributed by atoms with Gasteiger partial charge in [0.2, 0.25) is 0 Å². The van der Waals surface area contributed by atoms with E-state index >= 15 is 4.39 Å². The Morgan fingerprint density at radius 1 is 1.33 bits per heavy atom. The molecule has 0 aliphatic heterocycles. The van der Waals surface area contributed by atoms with E-state index in [2.05, 4.69) is 11.4 Å². The van der Waals surface area contributed by atoms with Crippen LogP contribution in [0.3, 0.4) is 0 Å². The molecule has 0 aromatic carbocycles. The summed E-state index contributed by atoms with van der Waals surface area (Å²) in [5.74, 6) is -0.739.